The minimum atomic E-state index is -3.80. The molecule has 7 nitrogen and oxygen atoms in total. The molecule has 0 aliphatic heterocycles. The SMILES string of the molecule is Cc1ccc(C(=O)NCCNC(=O)c2ccccc2)cc1S(=O)(=O)NCc1ccccc1. The van der Waals surface area contributed by atoms with Gasteiger partial charge in [0.25, 0.3) is 11.8 Å². The van der Waals surface area contributed by atoms with Crippen molar-refractivity contribution in [3.63, 3.8) is 0 Å². The van der Waals surface area contributed by atoms with Gasteiger partial charge in [-0.1, -0.05) is 54.6 Å². The van der Waals surface area contributed by atoms with Gasteiger partial charge in [0, 0.05) is 30.8 Å². The molecule has 0 spiro atoms. The first-order chi connectivity index (χ1) is 15.4. The Kier molecular flexibility index (Phi) is 7.75. The maximum absolute atomic E-state index is 12.8. The highest BCUT2D eigenvalue weighted by Gasteiger charge is 2.19. The first-order valence-electron chi connectivity index (χ1n) is 10.1. The van der Waals surface area contributed by atoms with Gasteiger partial charge < -0.3 is 10.6 Å². The van der Waals surface area contributed by atoms with Crippen molar-refractivity contribution in [1.29, 1.82) is 0 Å². The molecule has 3 rings (SSSR count). The molecule has 166 valence electrons. The summed E-state index contributed by atoms with van der Waals surface area (Å²) in [6, 6.07) is 22.5. The van der Waals surface area contributed by atoms with Gasteiger partial charge in [-0.2, -0.15) is 0 Å². The molecule has 0 aliphatic rings. The number of amides is 2. The number of aryl methyl sites for hydroxylation is 1. The van der Waals surface area contributed by atoms with Crippen molar-refractivity contribution < 1.29 is 18.0 Å². The Balaban J connectivity index is 1.58. The minimum Gasteiger partial charge on any atom is -0.350 e. The van der Waals surface area contributed by atoms with Crippen molar-refractivity contribution in [2.24, 2.45) is 0 Å². The largest absolute Gasteiger partial charge is 0.350 e. The van der Waals surface area contributed by atoms with E-state index in [2.05, 4.69) is 15.4 Å². The molecule has 0 aliphatic carbocycles. The van der Waals surface area contributed by atoms with Crippen LogP contribution in [-0.2, 0) is 16.6 Å². The van der Waals surface area contributed by atoms with Gasteiger partial charge in [0.1, 0.15) is 0 Å². The van der Waals surface area contributed by atoms with Gasteiger partial charge in [-0.25, -0.2) is 13.1 Å². The van der Waals surface area contributed by atoms with Crippen LogP contribution in [0, 0.1) is 6.92 Å². The molecule has 0 bridgehead atoms. The standard InChI is InChI=1S/C24H25N3O4S/c1-18-12-13-21(16-22(18)32(30,31)27-17-19-8-4-2-5-9-19)24(29)26-15-14-25-23(28)20-10-6-3-7-11-20/h2-13,16,27H,14-15,17H2,1H3,(H,25,28)(H,26,29). The lowest BCUT2D eigenvalue weighted by Crippen LogP contribution is -2.34. The molecule has 2 amide bonds. The van der Waals surface area contributed by atoms with Crippen molar-refractivity contribution in [3.05, 3.63) is 101 Å². The molecule has 0 heterocycles. The van der Waals surface area contributed by atoms with Crippen LogP contribution in [0.1, 0.15) is 31.8 Å². The molecule has 0 radical (unpaired) electrons. The number of sulfonamides is 1. The maximum atomic E-state index is 12.8. The van der Waals surface area contributed by atoms with Crippen LogP contribution in [0.25, 0.3) is 0 Å². The Morgan fingerprint density at radius 2 is 1.31 bits per heavy atom. The summed E-state index contributed by atoms with van der Waals surface area (Å²) in [6.45, 7) is 2.28. The average molecular weight is 452 g/mol. The zero-order valence-electron chi connectivity index (χ0n) is 17.7. The van der Waals surface area contributed by atoms with Gasteiger partial charge in [-0.05, 0) is 42.3 Å². The van der Waals surface area contributed by atoms with Crippen LogP contribution in [0.4, 0.5) is 0 Å². The number of carbonyl (C=O) groups excluding carboxylic acids is 2. The van der Waals surface area contributed by atoms with E-state index in [4.69, 9.17) is 0 Å². The van der Waals surface area contributed by atoms with Crippen molar-refractivity contribution in [3.8, 4) is 0 Å². The number of carbonyl (C=O) groups is 2. The van der Waals surface area contributed by atoms with E-state index in [0.29, 0.717) is 11.1 Å². The van der Waals surface area contributed by atoms with Gasteiger partial charge in [0.2, 0.25) is 10.0 Å². The summed E-state index contributed by atoms with van der Waals surface area (Å²) in [5, 5.41) is 5.42. The Hall–Kier alpha value is -3.49. The Labute approximate surface area is 187 Å². The molecule has 0 saturated carbocycles. The first kappa shape index (κ1) is 23.2. The minimum absolute atomic E-state index is 0.0541. The number of hydrogen-bond donors (Lipinski definition) is 3. The third kappa shape index (κ3) is 6.26. The highest BCUT2D eigenvalue weighted by atomic mass is 32.2. The quantitative estimate of drug-likeness (QED) is 0.435. The smallest absolute Gasteiger partial charge is 0.251 e. The molecule has 8 heteroatoms. The summed E-state index contributed by atoms with van der Waals surface area (Å²) < 4.78 is 28.1. The molecule has 32 heavy (non-hydrogen) atoms. The monoisotopic (exact) mass is 451 g/mol. The van der Waals surface area contributed by atoms with Crippen molar-refractivity contribution >= 4 is 21.8 Å². The topological polar surface area (TPSA) is 104 Å². The third-order valence-corrected chi connectivity index (χ3v) is 6.32. The number of hydrogen-bond acceptors (Lipinski definition) is 4. The second-order valence-electron chi connectivity index (χ2n) is 7.17. The van der Waals surface area contributed by atoms with Gasteiger partial charge in [-0.3, -0.25) is 9.59 Å². The van der Waals surface area contributed by atoms with E-state index in [1.807, 2.05) is 36.4 Å². The fraction of sp³-hybridized carbons (Fsp3) is 0.167. The molecule has 3 aromatic carbocycles. The molecule has 0 fully saturated rings. The lowest BCUT2D eigenvalue weighted by atomic mass is 10.1. The average Bonchev–Trinajstić information content (AvgIpc) is 2.81. The second kappa shape index (κ2) is 10.7. The summed E-state index contributed by atoms with van der Waals surface area (Å²) in [5.41, 5.74) is 2.14. The Bertz CT molecular complexity index is 1180. The predicted molar refractivity (Wildman–Crippen MR) is 123 cm³/mol. The van der Waals surface area contributed by atoms with Crippen LogP contribution in [-0.4, -0.2) is 33.3 Å². The molecule has 0 aromatic heterocycles. The van der Waals surface area contributed by atoms with Crippen molar-refractivity contribution in [1.82, 2.24) is 15.4 Å². The van der Waals surface area contributed by atoms with E-state index < -0.39 is 15.9 Å². The van der Waals surface area contributed by atoms with Crippen LogP contribution < -0.4 is 15.4 Å². The van der Waals surface area contributed by atoms with Gasteiger partial charge >= 0.3 is 0 Å². The van der Waals surface area contributed by atoms with Crippen LogP contribution >= 0.6 is 0 Å². The maximum Gasteiger partial charge on any atom is 0.251 e. The highest BCUT2D eigenvalue weighted by molar-refractivity contribution is 7.89. The highest BCUT2D eigenvalue weighted by Crippen LogP contribution is 2.17. The van der Waals surface area contributed by atoms with Gasteiger partial charge in [0.15, 0.2) is 0 Å². The summed E-state index contributed by atoms with van der Waals surface area (Å²) in [5.74, 6) is -0.647. The first-order valence-corrected chi connectivity index (χ1v) is 11.6. The zero-order valence-corrected chi connectivity index (χ0v) is 18.5. The van der Waals surface area contributed by atoms with Gasteiger partial charge in [0.05, 0.1) is 4.90 Å². The number of nitrogens with one attached hydrogen (secondary N) is 3. The molecule has 3 aromatic rings. The van der Waals surface area contributed by atoms with Crippen molar-refractivity contribution in [2.45, 2.75) is 18.4 Å². The summed E-state index contributed by atoms with van der Waals surface area (Å²) in [6.07, 6.45) is 0. The van der Waals surface area contributed by atoms with E-state index in [0.717, 1.165) is 5.56 Å². The normalized spacial score (nSPS) is 11.0. The van der Waals surface area contributed by atoms with Crippen LogP contribution in [0.5, 0.6) is 0 Å². The van der Waals surface area contributed by atoms with E-state index in [1.165, 1.54) is 6.07 Å². The molecule has 0 saturated heterocycles. The molecule has 0 unspecified atom stereocenters. The van der Waals surface area contributed by atoms with Crippen molar-refractivity contribution in [2.75, 3.05) is 13.1 Å². The van der Waals surface area contributed by atoms with E-state index in [-0.39, 0.29) is 36.0 Å². The fourth-order valence-electron chi connectivity index (χ4n) is 3.03. The van der Waals surface area contributed by atoms with E-state index in [9.17, 15) is 18.0 Å². The molecular formula is C24H25N3O4S. The van der Waals surface area contributed by atoms with Crippen LogP contribution in [0.3, 0.4) is 0 Å². The molecular weight excluding hydrogens is 426 g/mol. The lowest BCUT2D eigenvalue weighted by Gasteiger charge is -2.12. The summed E-state index contributed by atoms with van der Waals surface area (Å²) in [4.78, 5) is 24.6. The van der Waals surface area contributed by atoms with Crippen LogP contribution in [0.15, 0.2) is 83.8 Å². The number of rotatable bonds is 9. The zero-order chi connectivity index (χ0) is 23.0. The second-order valence-corrected chi connectivity index (χ2v) is 8.90. The fourth-order valence-corrected chi connectivity index (χ4v) is 4.31. The molecule has 3 N–H and O–H groups in total. The molecule has 0 atom stereocenters. The van der Waals surface area contributed by atoms with E-state index in [1.54, 1.807) is 43.3 Å². The number of benzene rings is 3. The lowest BCUT2D eigenvalue weighted by molar-refractivity contribution is 0.0927. The third-order valence-electron chi connectivity index (χ3n) is 4.78. The van der Waals surface area contributed by atoms with E-state index >= 15 is 0 Å². The Morgan fingerprint density at radius 3 is 1.94 bits per heavy atom. The van der Waals surface area contributed by atoms with Crippen LogP contribution in [0.2, 0.25) is 0 Å². The Morgan fingerprint density at radius 1 is 0.750 bits per heavy atom. The predicted octanol–water partition coefficient (Wildman–Crippen LogP) is 2.63. The summed E-state index contributed by atoms with van der Waals surface area (Å²) in [7, 11) is -3.80. The van der Waals surface area contributed by atoms with Gasteiger partial charge in [-0.15, -0.1) is 0 Å². The summed E-state index contributed by atoms with van der Waals surface area (Å²) >= 11 is 0.